The van der Waals surface area contributed by atoms with E-state index in [4.69, 9.17) is 0 Å². The maximum Gasteiger partial charge on any atom is 0.272 e. The van der Waals surface area contributed by atoms with E-state index in [1.807, 2.05) is 13.8 Å². The summed E-state index contributed by atoms with van der Waals surface area (Å²) in [5.41, 5.74) is 0.537. The molecule has 1 aromatic heterocycles. The molecule has 6 heteroatoms. The van der Waals surface area contributed by atoms with Gasteiger partial charge in [-0.1, -0.05) is 0 Å². The SMILES string of the molecule is CC(C)n1nccc1C(=O)N1CCNC(=O)C1. The molecule has 17 heavy (non-hydrogen) atoms. The third-order valence-corrected chi connectivity index (χ3v) is 2.70. The number of hydrogen-bond donors (Lipinski definition) is 1. The van der Waals surface area contributed by atoms with E-state index in [2.05, 4.69) is 10.4 Å². The van der Waals surface area contributed by atoms with Crippen LogP contribution in [0.5, 0.6) is 0 Å². The molecular formula is C11H16N4O2. The molecule has 0 unspecified atom stereocenters. The zero-order chi connectivity index (χ0) is 12.4. The van der Waals surface area contributed by atoms with Crippen molar-refractivity contribution in [3.63, 3.8) is 0 Å². The summed E-state index contributed by atoms with van der Waals surface area (Å²) in [6, 6.07) is 1.82. The van der Waals surface area contributed by atoms with Gasteiger partial charge in [-0.05, 0) is 19.9 Å². The number of aromatic nitrogens is 2. The van der Waals surface area contributed by atoms with Crippen molar-refractivity contribution >= 4 is 11.8 Å². The van der Waals surface area contributed by atoms with E-state index in [9.17, 15) is 9.59 Å². The van der Waals surface area contributed by atoms with Crippen molar-refractivity contribution in [3.05, 3.63) is 18.0 Å². The number of hydrogen-bond acceptors (Lipinski definition) is 3. The molecule has 1 aromatic rings. The molecule has 2 heterocycles. The molecule has 0 radical (unpaired) electrons. The van der Waals surface area contributed by atoms with Crippen molar-refractivity contribution in [2.24, 2.45) is 0 Å². The number of piperazine rings is 1. The molecule has 0 bridgehead atoms. The Morgan fingerprint density at radius 2 is 2.29 bits per heavy atom. The van der Waals surface area contributed by atoms with Gasteiger partial charge in [-0.2, -0.15) is 5.10 Å². The predicted molar refractivity (Wildman–Crippen MR) is 61.5 cm³/mol. The third kappa shape index (κ3) is 2.30. The van der Waals surface area contributed by atoms with Crippen molar-refractivity contribution in [3.8, 4) is 0 Å². The molecular weight excluding hydrogens is 220 g/mol. The molecule has 0 saturated carbocycles. The Bertz CT molecular complexity index is 438. The van der Waals surface area contributed by atoms with Gasteiger partial charge in [0.05, 0.1) is 6.54 Å². The maximum atomic E-state index is 12.2. The van der Waals surface area contributed by atoms with E-state index < -0.39 is 0 Å². The second-order valence-corrected chi connectivity index (χ2v) is 4.33. The highest BCUT2D eigenvalue weighted by molar-refractivity contribution is 5.95. The maximum absolute atomic E-state index is 12.2. The molecule has 0 aliphatic carbocycles. The van der Waals surface area contributed by atoms with E-state index in [0.29, 0.717) is 18.8 Å². The van der Waals surface area contributed by atoms with Gasteiger partial charge < -0.3 is 10.2 Å². The van der Waals surface area contributed by atoms with Gasteiger partial charge >= 0.3 is 0 Å². The predicted octanol–water partition coefficient (Wildman–Crippen LogP) is 0.0360. The number of rotatable bonds is 2. The Morgan fingerprint density at radius 1 is 1.53 bits per heavy atom. The summed E-state index contributed by atoms with van der Waals surface area (Å²) in [4.78, 5) is 25.0. The summed E-state index contributed by atoms with van der Waals surface area (Å²) in [5, 5.41) is 6.81. The van der Waals surface area contributed by atoms with Crippen LogP contribution in [0.4, 0.5) is 0 Å². The summed E-state index contributed by atoms with van der Waals surface area (Å²) >= 11 is 0. The third-order valence-electron chi connectivity index (χ3n) is 2.70. The quantitative estimate of drug-likeness (QED) is 0.788. The van der Waals surface area contributed by atoms with Gasteiger partial charge in [0.25, 0.3) is 5.91 Å². The summed E-state index contributed by atoms with van der Waals surface area (Å²) < 4.78 is 1.68. The van der Waals surface area contributed by atoms with Crippen LogP contribution in [0.3, 0.4) is 0 Å². The summed E-state index contributed by atoms with van der Waals surface area (Å²) in [7, 11) is 0. The summed E-state index contributed by atoms with van der Waals surface area (Å²) in [5.74, 6) is -0.244. The van der Waals surface area contributed by atoms with Crippen LogP contribution in [0.2, 0.25) is 0 Å². The van der Waals surface area contributed by atoms with Crippen molar-refractivity contribution in [1.29, 1.82) is 0 Å². The first-order valence-electron chi connectivity index (χ1n) is 5.69. The fourth-order valence-electron chi connectivity index (χ4n) is 1.87. The van der Waals surface area contributed by atoms with Crippen LogP contribution < -0.4 is 5.32 Å². The van der Waals surface area contributed by atoms with Crippen LogP contribution in [0, 0.1) is 0 Å². The average Bonchev–Trinajstić information content (AvgIpc) is 2.77. The first-order valence-corrected chi connectivity index (χ1v) is 5.69. The summed E-state index contributed by atoms with van der Waals surface area (Å²) in [6.45, 7) is 5.12. The monoisotopic (exact) mass is 236 g/mol. The number of nitrogens with one attached hydrogen (secondary N) is 1. The minimum Gasteiger partial charge on any atom is -0.353 e. The second-order valence-electron chi connectivity index (χ2n) is 4.33. The van der Waals surface area contributed by atoms with Gasteiger partial charge in [0.15, 0.2) is 0 Å². The second kappa shape index (κ2) is 4.57. The minimum absolute atomic E-state index is 0.111. The molecule has 1 aliphatic heterocycles. The fourth-order valence-corrected chi connectivity index (χ4v) is 1.87. The molecule has 0 spiro atoms. The molecule has 2 rings (SSSR count). The van der Waals surface area contributed by atoms with Crippen LogP contribution in [-0.2, 0) is 4.79 Å². The lowest BCUT2D eigenvalue weighted by Gasteiger charge is -2.27. The first kappa shape index (κ1) is 11.6. The highest BCUT2D eigenvalue weighted by atomic mass is 16.2. The van der Waals surface area contributed by atoms with Crippen molar-refractivity contribution in [2.75, 3.05) is 19.6 Å². The van der Waals surface area contributed by atoms with Gasteiger partial charge in [0, 0.05) is 25.3 Å². The Kier molecular flexibility index (Phi) is 3.12. The zero-order valence-corrected chi connectivity index (χ0v) is 10.0. The lowest BCUT2D eigenvalue weighted by molar-refractivity contribution is -0.123. The topological polar surface area (TPSA) is 67.2 Å². The molecule has 1 aliphatic rings. The molecule has 0 aromatic carbocycles. The number of carbonyl (C=O) groups is 2. The van der Waals surface area contributed by atoms with Gasteiger partial charge in [0.2, 0.25) is 5.91 Å². The van der Waals surface area contributed by atoms with Crippen molar-refractivity contribution < 1.29 is 9.59 Å². The minimum atomic E-state index is -0.133. The van der Waals surface area contributed by atoms with E-state index in [1.54, 1.807) is 21.8 Å². The van der Waals surface area contributed by atoms with Crippen LogP contribution in [-0.4, -0.2) is 46.1 Å². The van der Waals surface area contributed by atoms with E-state index in [1.165, 1.54) is 0 Å². The fraction of sp³-hybridized carbons (Fsp3) is 0.545. The Labute approximate surface area is 99.6 Å². The van der Waals surface area contributed by atoms with E-state index >= 15 is 0 Å². The van der Waals surface area contributed by atoms with Crippen molar-refractivity contribution in [1.82, 2.24) is 20.0 Å². The number of carbonyl (C=O) groups excluding carboxylic acids is 2. The van der Waals surface area contributed by atoms with Gasteiger partial charge in [-0.3, -0.25) is 14.3 Å². The van der Waals surface area contributed by atoms with Gasteiger partial charge in [-0.25, -0.2) is 0 Å². The standard InChI is InChI=1S/C11H16N4O2/c1-8(2)15-9(3-4-13-15)11(17)14-6-5-12-10(16)7-14/h3-4,8H,5-7H2,1-2H3,(H,12,16). The normalized spacial score (nSPS) is 16.2. The lowest BCUT2D eigenvalue weighted by atomic mass is 10.3. The van der Waals surface area contributed by atoms with Crippen LogP contribution in [0.15, 0.2) is 12.3 Å². The molecule has 2 amide bonds. The van der Waals surface area contributed by atoms with Gasteiger partial charge in [0.1, 0.15) is 5.69 Å². The Balaban J connectivity index is 2.18. The zero-order valence-electron chi connectivity index (χ0n) is 10.0. The molecule has 6 nitrogen and oxygen atoms in total. The molecule has 1 saturated heterocycles. The smallest absolute Gasteiger partial charge is 0.272 e. The molecule has 92 valence electrons. The van der Waals surface area contributed by atoms with Crippen LogP contribution in [0.25, 0.3) is 0 Å². The molecule has 0 atom stereocenters. The van der Waals surface area contributed by atoms with Crippen LogP contribution in [0.1, 0.15) is 30.4 Å². The number of amides is 2. The van der Waals surface area contributed by atoms with Crippen LogP contribution >= 0.6 is 0 Å². The average molecular weight is 236 g/mol. The molecule has 1 N–H and O–H groups in total. The largest absolute Gasteiger partial charge is 0.353 e. The summed E-state index contributed by atoms with van der Waals surface area (Å²) in [6.07, 6.45) is 1.61. The first-order chi connectivity index (χ1) is 8.09. The van der Waals surface area contributed by atoms with E-state index in [0.717, 1.165) is 0 Å². The Morgan fingerprint density at radius 3 is 2.94 bits per heavy atom. The van der Waals surface area contributed by atoms with Crippen molar-refractivity contribution in [2.45, 2.75) is 19.9 Å². The molecule has 1 fully saturated rings. The highest BCUT2D eigenvalue weighted by Gasteiger charge is 2.25. The highest BCUT2D eigenvalue weighted by Crippen LogP contribution is 2.11. The Hall–Kier alpha value is -1.85. The lowest BCUT2D eigenvalue weighted by Crippen LogP contribution is -2.50. The van der Waals surface area contributed by atoms with E-state index in [-0.39, 0.29) is 24.4 Å². The van der Waals surface area contributed by atoms with Gasteiger partial charge in [-0.15, -0.1) is 0 Å². The number of nitrogens with zero attached hydrogens (tertiary/aromatic N) is 3.